The number of anilines is 1. The molecule has 0 atom stereocenters. The third kappa shape index (κ3) is 5.51. The lowest BCUT2D eigenvalue weighted by Crippen LogP contribution is -2.26. The number of phenolic OH excluding ortho intramolecular Hbond substituents is 1. The fraction of sp³-hybridized carbons (Fsp3) is 0.0667. The number of nitro groups is 1. The molecule has 0 saturated carbocycles. The molecule has 0 aliphatic heterocycles. The third-order valence-electron chi connectivity index (χ3n) is 3.05. The number of halogens is 3. The van der Waals surface area contributed by atoms with Crippen molar-refractivity contribution in [2.75, 3.05) is 11.9 Å². The Hall–Kier alpha value is -1.98. The van der Waals surface area contributed by atoms with E-state index in [0.29, 0.717) is 5.69 Å². The van der Waals surface area contributed by atoms with Crippen LogP contribution in [0, 0.1) is 10.1 Å². The lowest BCUT2D eigenvalue weighted by atomic mass is 10.2. The van der Waals surface area contributed by atoms with E-state index in [-0.39, 0.29) is 23.5 Å². The summed E-state index contributed by atoms with van der Waals surface area (Å²) in [7, 11) is 0. The summed E-state index contributed by atoms with van der Waals surface area (Å²) < 4.78 is 2.39. The van der Waals surface area contributed by atoms with Gasteiger partial charge in [-0.15, -0.1) is 0 Å². The molecule has 2 rings (SSSR count). The van der Waals surface area contributed by atoms with Gasteiger partial charge in [-0.3, -0.25) is 14.9 Å². The van der Waals surface area contributed by atoms with Gasteiger partial charge in [0.15, 0.2) is 0 Å². The van der Waals surface area contributed by atoms with Crippen molar-refractivity contribution in [3.8, 4) is 5.75 Å². The Morgan fingerprint density at radius 3 is 2.50 bits per heavy atom. The van der Waals surface area contributed by atoms with E-state index in [2.05, 4.69) is 63.6 Å². The monoisotopic (exact) mass is 548 g/mol. The van der Waals surface area contributed by atoms with Crippen LogP contribution < -0.4 is 10.7 Å². The standard InChI is InChI=1S/C15H11Br3N4O4/c16-9-4-11(17)15(12(18)5-9)19-7-14(24)21-20-6-8-3-10(22(25)26)1-2-13(8)23/h1-6,19,23H,7H2,(H,21,24). The predicted molar refractivity (Wildman–Crippen MR) is 109 cm³/mol. The van der Waals surface area contributed by atoms with Crippen LogP contribution in [0.25, 0.3) is 0 Å². The molecule has 0 radical (unpaired) electrons. The van der Waals surface area contributed by atoms with E-state index in [1.54, 1.807) is 0 Å². The molecule has 8 nitrogen and oxygen atoms in total. The summed E-state index contributed by atoms with van der Waals surface area (Å²) in [5.74, 6) is -0.623. The van der Waals surface area contributed by atoms with Crippen LogP contribution in [-0.2, 0) is 4.79 Å². The largest absolute Gasteiger partial charge is 0.507 e. The third-order valence-corrected chi connectivity index (χ3v) is 4.76. The van der Waals surface area contributed by atoms with E-state index in [1.165, 1.54) is 12.1 Å². The SMILES string of the molecule is O=C(CNc1c(Br)cc(Br)cc1Br)NN=Cc1cc([N+](=O)[O-])ccc1O. The molecule has 1 amide bonds. The van der Waals surface area contributed by atoms with Gasteiger partial charge in [-0.25, -0.2) is 5.43 Å². The predicted octanol–water partition coefficient (Wildman–Crippen LogP) is 4.15. The Morgan fingerprint density at radius 2 is 1.88 bits per heavy atom. The van der Waals surface area contributed by atoms with Crippen LogP contribution in [0.5, 0.6) is 5.75 Å². The summed E-state index contributed by atoms with van der Waals surface area (Å²) in [5.41, 5.74) is 2.90. The number of hydrazone groups is 1. The summed E-state index contributed by atoms with van der Waals surface area (Å²) in [4.78, 5) is 22.0. The van der Waals surface area contributed by atoms with Crippen LogP contribution in [0.3, 0.4) is 0 Å². The van der Waals surface area contributed by atoms with Crippen molar-refractivity contribution in [1.29, 1.82) is 0 Å². The average molecular weight is 551 g/mol. The van der Waals surface area contributed by atoms with Gasteiger partial charge in [0.2, 0.25) is 0 Å². The van der Waals surface area contributed by atoms with Crippen molar-refractivity contribution in [2.45, 2.75) is 0 Å². The van der Waals surface area contributed by atoms with Crippen LogP contribution in [0.4, 0.5) is 11.4 Å². The zero-order chi connectivity index (χ0) is 19.3. The molecule has 0 aliphatic carbocycles. The first kappa shape index (κ1) is 20.3. The number of amides is 1. The first-order chi connectivity index (χ1) is 12.3. The van der Waals surface area contributed by atoms with E-state index >= 15 is 0 Å². The number of phenols is 1. The molecule has 0 saturated heterocycles. The molecular weight excluding hydrogens is 540 g/mol. The number of carbonyl (C=O) groups is 1. The van der Waals surface area contributed by atoms with Gasteiger partial charge in [0.1, 0.15) is 5.75 Å². The van der Waals surface area contributed by atoms with Crippen molar-refractivity contribution in [3.05, 3.63) is 59.4 Å². The highest BCUT2D eigenvalue weighted by Gasteiger charge is 2.10. The van der Waals surface area contributed by atoms with Crippen LogP contribution in [-0.4, -0.2) is 28.7 Å². The molecule has 3 N–H and O–H groups in total. The topological polar surface area (TPSA) is 117 Å². The Bertz CT molecular complexity index is 866. The number of carbonyl (C=O) groups excluding carboxylic acids is 1. The first-order valence-corrected chi connectivity index (χ1v) is 9.33. The second kappa shape index (κ2) is 9.10. The fourth-order valence-electron chi connectivity index (χ4n) is 1.85. The summed E-state index contributed by atoms with van der Waals surface area (Å²) in [5, 5.41) is 27.0. The summed E-state index contributed by atoms with van der Waals surface area (Å²) in [6.07, 6.45) is 1.13. The number of nitrogens with one attached hydrogen (secondary N) is 2. The van der Waals surface area contributed by atoms with Crippen molar-refractivity contribution in [2.24, 2.45) is 5.10 Å². The molecule has 0 aromatic heterocycles. The van der Waals surface area contributed by atoms with E-state index in [9.17, 15) is 20.0 Å². The lowest BCUT2D eigenvalue weighted by molar-refractivity contribution is -0.384. The Labute approximate surface area is 173 Å². The molecular formula is C15H11Br3N4O4. The molecule has 0 heterocycles. The normalized spacial score (nSPS) is 10.7. The highest BCUT2D eigenvalue weighted by molar-refractivity contribution is 9.11. The maximum atomic E-state index is 11.9. The molecule has 2 aromatic carbocycles. The summed E-state index contributed by atoms with van der Waals surface area (Å²) in [6, 6.07) is 7.16. The summed E-state index contributed by atoms with van der Waals surface area (Å²) >= 11 is 10.1. The Kier molecular flexibility index (Phi) is 7.12. The lowest BCUT2D eigenvalue weighted by Gasteiger charge is -2.10. The zero-order valence-electron chi connectivity index (χ0n) is 12.9. The second-order valence-corrected chi connectivity index (χ2v) is 7.52. The minimum absolute atomic E-state index is 0.0584. The van der Waals surface area contributed by atoms with E-state index in [4.69, 9.17) is 0 Å². The van der Waals surface area contributed by atoms with Crippen molar-refractivity contribution in [3.63, 3.8) is 0 Å². The van der Waals surface area contributed by atoms with E-state index in [1.807, 2.05) is 12.1 Å². The zero-order valence-corrected chi connectivity index (χ0v) is 17.6. The highest BCUT2D eigenvalue weighted by atomic mass is 79.9. The number of aromatic hydroxyl groups is 1. The van der Waals surface area contributed by atoms with Gasteiger partial charge in [-0.05, 0) is 50.1 Å². The Morgan fingerprint density at radius 1 is 1.23 bits per heavy atom. The maximum absolute atomic E-state index is 11.9. The average Bonchev–Trinajstić information content (AvgIpc) is 2.55. The van der Waals surface area contributed by atoms with Gasteiger partial charge in [0.25, 0.3) is 11.6 Å². The van der Waals surface area contributed by atoms with Gasteiger partial charge in [-0.2, -0.15) is 5.10 Å². The molecule has 2 aromatic rings. The first-order valence-electron chi connectivity index (χ1n) is 6.95. The minimum atomic E-state index is -0.590. The van der Waals surface area contributed by atoms with Crippen molar-refractivity contribution >= 4 is 71.3 Å². The van der Waals surface area contributed by atoms with Gasteiger partial charge < -0.3 is 10.4 Å². The van der Waals surface area contributed by atoms with E-state index < -0.39 is 10.8 Å². The van der Waals surface area contributed by atoms with Gasteiger partial charge in [0, 0.05) is 31.1 Å². The maximum Gasteiger partial charge on any atom is 0.270 e. The number of hydrogen-bond donors (Lipinski definition) is 3. The van der Waals surface area contributed by atoms with Crippen LogP contribution in [0.2, 0.25) is 0 Å². The van der Waals surface area contributed by atoms with Crippen LogP contribution >= 0.6 is 47.8 Å². The van der Waals surface area contributed by atoms with Gasteiger partial charge in [0.05, 0.1) is 23.4 Å². The molecule has 136 valence electrons. The number of benzene rings is 2. The quantitative estimate of drug-likeness (QED) is 0.284. The van der Waals surface area contributed by atoms with E-state index in [0.717, 1.165) is 25.7 Å². The number of nitro benzene ring substituents is 1. The van der Waals surface area contributed by atoms with Crippen molar-refractivity contribution in [1.82, 2.24) is 5.43 Å². The summed E-state index contributed by atoms with van der Waals surface area (Å²) in [6.45, 7) is -0.0584. The number of nitrogens with zero attached hydrogens (tertiary/aromatic N) is 2. The van der Waals surface area contributed by atoms with Crippen LogP contribution in [0.1, 0.15) is 5.56 Å². The number of non-ortho nitro benzene ring substituents is 1. The molecule has 0 bridgehead atoms. The van der Waals surface area contributed by atoms with Crippen molar-refractivity contribution < 1.29 is 14.8 Å². The molecule has 0 fully saturated rings. The fourth-order valence-corrected chi connectivity index (χ4v) is 4.39. The molecule has 0 aliphatic rings. The molecule has 11 heteroatoms. The van der Waals surface area contributed by atoms with Gasteiger partial charge >= 0.3 is 0 Å². The molecule has 0 unspecified atom stereocenters. The minimum Gasteiger partial charge on any atom is -0.507 e. The molecule has 26 heavy (non-hydrogen) atoms. The number of rotatable bonds is 6. The molecule has 0 spiro atoms. The van der Waals surface area contributed by atoms with Gasteiger partial charge in [-0.1, -0.05) is 15.9 Å². The Balaban J connectivity index is 1.96. The second-order valence-electron chi connectivity index (χ2n) is 4.89. The highest BCUT2D eigenvalue weighted by Crippen LogP contribution is 2.34. The smallest absolute Gasteiger partial charge is 0.270 e. The van der Waals surface area contributed by atoms with Crippen LogP contribution in [0.15, 0.2) is 48.9 Å². The number of hydrogen-bond acceptors (Lipinski definition) is 6.